The number of benzene rings is 1. The molecule has 0 aliphatic carbocycles. The van der Waals surface area contributed by atoms with Gasteiger partial charge in [0.25, 0.3) is 11.7 Å². The van der Waals surface area contributed by atoms with E-state index in [1.165, 1.54) is 13.4 Å². The number of carbonyl (C=O) groups is 2. The van der Waals surface area contributed by atoms with Crippen molar-refractivity contribution in [2.45, 2.75) is 27.2 Å². The third-order valence-electron chi connectivity index (χ3n) is 4.37. The number of amides is 2. The summed E-state index contributed by atoms with van der Waals surface area (Å²) < 4.78 is 12.2. The zero-order chi connectivity index (χ0) is 21.0. The fourth-order valence-electron chi connectivity index (χ4n) is 2.90. The first kappa shape index (κ1) is 20.1. The summed E-state index contributed by atoms with van der Waals surface area (Å²) in [6.07, 6.45) is 1.44. The lowest BCUT2D eigenvalue weighted by molar-refractivity contribution is -0.121. The van der Waals surface area contributed by atoms with E-state index < -0.39 is 5.91 Å². The molecule has 3 aromatic rings. The molecule has 2 heterocycles. The predicted molar refractivity (Wildman–Crippen MR) is 104 cm³/mol. The van der Waals surface area contributed by atoms with Crippen LogP contribution < -0.4 is 20.3 Å². The number of hydrazine groups is 1. The van der Waals surface area contributed by atoms with E-state index in [0.29, 0.717) is 35.1 Å². The van der Waals surface area contributed by atoms with E-state index in [1.807, 2.05) is 13.8 Å². The molecule has 2 N–H and O–H groups in total. The molecule has 0 radical (unpaired) electrons. The van der Waals surface area contributed by atoms with Crippen LogP contribution in [0.4, 0.5) is 0 Å². The molecule has 0 saturated carbocycles. The van der Waals surface area contributed by atoms with Gasteiger partial charge in [-0.05, 0) is 39.0 Å². The first-order valence-corrected chi connectivity index (χ1v) is 9.00. The van der Waals surface area contributed by atoms with Crippen molar-refractivity contribution in [2.75, 3.05) is 13.7 Å². The van der Waals surface area contributed by atoms with Crippen LogP contribution in [0.15, 0.2) is 24.5 Å². The van der Waals surface area contributed by atoms with Gasteiger partial charge in [-0.3, -0.25) is 20.4 Å². The summed E-state index contributed by atoms with van der Waals surface area (Å²) in [5.41, 5.74) is 7.31. The Morgan fingerprint density at radius 1 is 1.17 bits per heavy atom. The second kappa shape index (κ2) is 8.55. The summed E-state index contributed by atoms with van der Waals surface area (Å²) in [5, 5.41) is 4.10. The molecule has 0 aliphatic heterocycles. The van der Waals surface area contributed by atoms with Gasteiger partial charge < -0.3 is 9.47 Å². The van der Waals surface area contributed by atoms with Crippen molar-refractivity contribution in [1.29, 1.82) is 0 Å². The molecule has 1 aromatic carbocycles. The van der Waals surface area contributed by atoms with E-state index in [9.17, 15) is 9.59 Å². The van der Waals surface area contributed by atoms with Crippen molar-refractivity contribution in [3.05, 3.63) is 47.0 Å². The van der Waals surface area contributed by atoms with E-state index in [0.717, 1.165) is 11.3 Å². The fourth-order valence-corrected chi connectivity index (χ4v) is 2.90. The molecule has 2 aromatic heterocycles. The van der Waals surface area contributed by atoms with Gasteiger partial charge in [-0.25, -0.2) is 9.50 Å². The normalized spacial score (nSPS) is 10.6. The molecule has 0 fully saturated rings. The Hall–Kier alpha value is -3.69. The molecular formula is C19H22N6O4. The van der Waals surface area contributed by atoms with Gasteiger partial charge in [0.15, 0.2) is 11.5 Å². The van der Waals surface area contributed by atoms with Gasteiger partial charge in [-0.1, -0.05) is 0 Å². The number of aromatic nitrogens is 4. The number of aryl methyl sites for hydroxylation is 2. The van der Waals surface area contributed by atoms with Crippen molar-refractivity contribution in [2.24, 2.45) is 0 Å². The summed E-state index contributed by atoms with van der Waals surface area (Å²) in [6, 6.07) is 4.78. The third kappa shape index (κ3) is 4.26. The SMILES string of the molecule is CCOc1ccc(C(=O)NNC(=O)Cc2c(C)nc3ncnn3c2C)cc1OC. The van der Waals surface area contributed by atoms with Crippen LogP contribution in [0.3, 0.4) is 0 Å². The first-order chi connectivity index (χ1) is 13.9. The van der Waals surface area contributed by atoms with Gasteiger partial charge >= 0.3 is 0 Å². The standard InChI is InChI=1S/C19H22N6O4/c1-5-29-15-7-6-13(8-16(15)28-4)18(27)24-23-17(26)9-14-11(2)22-19-20-10-21-25(19)12(14)3/h6-8,10H,5,9H2,1-4H3,(H,23,26)(H,24,27). The van der Waals surface area contributed by atoms with Gasteiger partial charge in [0.05, 0.1) is 20.1 Å². The van der Waals surface area contributed by atoms with E-state index in [1.54, 1.807) is 29.6 Å². The highest BCUT2D eigenvalue weighted by Crippen LogP contribution is 2.27. The summed E-state index contributed by atoms with van der Waals surface area (Å²) in [6.45, 7) is 5.97. The lowest BCUT2D eigenvalue weighted by Gasteiger charge is -2.13. The smallest absolute Gasteiger partial charge is 0.269 e. The number of hydrogen-bond acceptors (Lipinski definition) is 7. The molecular weight excluding hydrogens is 376 g/mol. The minimum atomic E-state index is -0.474. The van der Waals surface area contributed by atoms with Crippen LogP contribution in [0, 0.1) is 13.8 Å². The average Bonchev–Trinajstić information content (AvgIpc) is 3.18. The molecule has 10 nitrogen and oxygen atoms in total. The van der Waals surface area contributed by atoms with E-state index in [2.05, 4.69) is 25.9 Å². The van der Waals surface area contributed by atoms with Gasteiger partial charge in [-0.15, -0.1) is 0 Å². The van der Waals surface area contributed by atoms with Crippen molar-refractivity contribution in [1.82, 2.24) is 30.4 Å². The Morgan fingerprint density at radius 2 is 1.97 bits per heavy atom. The summed E-state index contributed by atoms with van der Waals surface area (Å²) in [5.74, 6) is 0.588. The Balaban J connectivity index is 1.66. The first-order valence-electron chi connectivity index (χ1n) is 9.00. The fraction of sp³-hybridized carbons (Fsp3) is 0.316. The highest BCUT2D eigenvalue weighted by molar-refractivity contribution is 5.96. The molecule has 0 atom stereocenters. The Kier molecular flexibility index (Phi) is 5.91. The van der Waals surface area contributed by atoms with E-state index in [-0.39, 0.29) is 12.3 Å². The van der Waals surface area contributed by atoms with Gasteiger partial charge in [0, 0.05) is 22.5 Å². The number of rotatable bonds is 6. The highest BCUT2D eigenvalue weighted by atomic mass is 16.5. The summed E-state index contributed by atoms with van der Waals surface area (Å²) in [4.78, 5) is 33.1. The van der Waals surface area contributed by atoms with Crippen LogP contribution in [0.5, 0.6) is 11.5 Å². The van der Waals surface area contributed by atoms with Gasteiger partial charge in [0.2, 0.25) is 5.91 Å². The van der Waals surface area contributed by atoms with Crippen LogP contribution in [0.25, 0.3) is 5.78 Å². The molecule has 2 amide bonds. The zero-order valence-electron chi connectivity index (χ0n) is 16.6. The number of nitrogens with zero attached hydrogens (tertiary/aromatic N) is 4. The van der Waals surface area contributed by atoms with Crippen LogP contribution >= 0.6 is 0 Å². The Morgan fingerprint density at radius 3 is 2.69 bits per heavy atom. The minimum Gasteiger partial charge on any atom is -0.493 e. The largest absolute Gasteiger partial charge is 0.493 e. The van der Waals surface area contributed by atoms with E-state index >= 15 is 0 Å². The number of ether oxygens (including phenoxy) is 2. The maximum absolute atomic E-state index is 12.4. The molecule has 152 valence electrons. The van der Waals surface area contributed by atoms with Crippen LogP contribution in [0.1, 0.15) is 34.2 Å². The minimum absolute atomic E-state index is 0.0351. The second-order valence-electron chi connectivity index (χ2n) is 6.21. The van der Waals surface area contributed by atoms with Crippen molar-refractivity contribution in [3.63, 3.8) is 0 Å². The third-order valence-corrected chi connectivity index (χ3v) is 4.37. The van der Waals surface area contributed by atoms with Crippen LogP contribution in [-0.4, -0.2) is 45.1 Å². The average molecular weight is 398 g/mol. The summed E-state index contributed by atoms with van der Waals surface area (Å²) >= 11 is 0. The lowest BCUT2D eigenvalue weighted by atomic mass is 10.1. The molecule has 0 bridgehead atoms. The number of fused-ring (bicyclic) bond motifs is 1. The Bertz CT molecular complexity index is 1060. The lowest BCUT2D eigenvalue weighted by Crippen LogP contribution is -2.42. The molecule has 3 rings (SSSR count). The molecule has 0 aliphatic rings. The molecule has 0 spiro atoms. The van der Waals surface area contributed by atoms with E-state index in [4.69, 9.17) is 9.47 Å². The zero-order valence-corrected chi connectivity index (χ0v) is 16.6. The van der Waals surface area contributed by atoms with Crippen molar-refractivity contribution in [3.8, 4) is 11.5 Å². The maximum atomic E-state index is 12.4. The Labute approximate surface area is 167 Å². The predicted octanol–water partition coefficient (Wildman–Crippen LogP) is 1.15. The van der Waals surface area contributed by atoms with Crippen molar-refractivity contribution >= 4 is 17.6 Å². The quantitative estimate of drug-likeness (QED) is 0.598. The number of hydrogen-bond donors (Lipinski definition) is 2. The summed E-state index contributed by atoms with van der Waals surface area (Å²) in [7, 11) is 1.49. The maximum Gasteiger partial charge on any atom is 0.269 e. The molecule has 10 heteroatoms. The molecule has 0 saturated heterocycles. The topological polar surface area (TPSA) is 120 Å². The number of nitrogens with one attached hydrogen (secondary N) is 2. The monoisotopic (exact) mass is 398 g/mol. The number of methoxy groups -OCH3 is 1. The van der Waals surface area contributed by atoms with Crippen LogP contribution in [0.2, 0.25) is 0 Å². The second-order valence-corrected chi connectivity index (χ2v) is 6.21. The highest BCUT2D eigenvalue weighted by Gasteiger charge is 2.16. The van der Waals surface area contributed by atoms with Gasteiger partial charge in [0.1, 0.15) is 6.33 Å². The molecule has 29 heavy (non-hydrogen) atoms. The van der Waals surface area contributed by atoms with Gasteiger partial charge in [-0.2, -0.15) is 10.1 Å². The number of carbonyl (C=O) groups excluding carboxylic acids is 2. The molecule has 0 unspecified atom stereocenters. The van der Waals surface area contributed by atoms with Crippen LogP contribution in [-0.2, 0) is 11.2 Å². The van der Waals surface area contributed by atoms with Crippen molar-refractivity contribution < 1.29 is 19.1 Å².